The van der Waals surface area contributed by atoms with Crippen LogP contribution in [-0.2, 0) is 11.2 Å². The van der Waals surface area contributed by atoms with Gasteiger partial charge in [-0.25, -0.2) is 9.97 Å². The lowest BCUT2D eigenvalue weighted by Crippen LogP contribution is -2.20. The third kappa shape index (κ3) is 4.13. The summed E-state index contributed by atoms with van der Waals surface area (Å²) in [5.41, 5.74) is 14.5. The number of hydrogen-bond donors (Lipinski definition) is 1. The van der Waals surface area contributed by atoms with Gasteiger partial charge in [-0.3, -0.25) is 14.2 Å². The zero-order valence-electron chi connectivity index (χ0n) is 22.5. The Bertz CT molecular complexity index is 1880. The first-order valence-corrected chi connectivity index (χ1v) is 13.0. The first-order valence-electron chi connectivity index (χ1n) is 13.0. The van der Waals surface area contributed by atoms with Crippen LogP contribution >= 0.6 is 0 Å². The summed E-state index contributed by atoms with van der Waals surface area (Å²) in [6.45, 7) is 4.80. The van der Waals surface area contributed by atoms with E-state index in [4.69, 9.17) is 15.2 Å². The van der Waals surface area contributed by atoms with Crippen molar-refractivity contribution in [2.24, 2.45) is 5.73 Å². The molecule has 3 aromatic carbocycles. The van der Waals surface area contributed by atoms with Gasteiger partial charge < -0.3 is 15.2 Å². The highest BCUT2D eigenvalue weighted by molar-refractivity contribution is 6.01. The predicted octanol–water partition coefficient (Wildman–Crippen LogP) is 4.76. The van der Waals surface area contributed by atoms with Crippen molar-refractivity contribution < 1.29 is 14.3 Å². The van der Waals surface area contributed by atoms with Crippen LogP contribution in [0.15, 0.2) is 71.8 Å². The molecule has 1 aliphatic carbocycles. The SMILES string of the molecule is COCCOc1ccc2c(c1)Cc1c(C(N)=O)nc(C)c(-c3cccc(-n4cnc5ccccc5c4=O)c3C)c1-2. The first-order chi connectivity index (χ1) is 19.4. The maximum absolute atomic E-state index is 13.4. The summed E-state index contributed by atoms with van der Waals surface area (Å²) in [7, 11) is 1.63. The largest absolute Gasteiger partial charge is 0.491 e. The number of nitrogens with zero attached hydrogens (tertiary/aromatic N) is 3. The predicted molar refractivity (Wildman–Crippen MR) is 154 cm³/mol. The van der Waals surface area contributed by atoms with Gasteiger partial charge in [0.05, 0.1) is 23.2 Å². The molecule has 0 spiro atoms. The van der Waals surface area contributed by atoms with E-state index >= 15 is 0 Å². The average molecular weight is 533 g/mol. The smallest absolute Gasteiger partial charge is 0.267 e. The van der Waals surface area contributed by atoms with Gasteiger partial charge in [0.15, 0.2) is 0 Å². The number of pyridine rings is 1. The maximum atomic E-state index is 13.4. The van der Waals surface area contributed by atoms with Crippen LogP contribution in [0.1, 0.15) is 32.9 Å². The van der Waals surface area contributed by atoms with Crippen LogP contribution in [-0.4, -0.2) is 40.8 Å². The number of rotatable bonds is 7. The molecule has 200 valence electrons. The Labute approximate surface area is 231 Å². The van der Waals surface area contributed by atoms with Crippen molar-refractivity contribution in [1.82, 2.24) is 14.5 Å². The molecule has 1 amide bonds. The standard InChI is InChI=1S/C32H28N4O4/c1-18-22(8-6-10-27(18)36-17-34-26-9-5-4-7-24(26)32(36)38)28-19(2)35-30(31(33)37)25-16-20-15-21(40-14-13-39-3)11-12-23(20)29(25)28/h4-12,15,17H,13-14,16H2,1-3H3,(H2,33,37). The molecule has 0 atom stereocenters. The van der Waals surface area contributed by atoms with E-state index in [1.54, 1.807) is 24.1 Å². The molecule has 0 unspecified atom stereocenters. The van der Waals surface area contributed by atoms with Crippen molar-refractivity contribution in [3.8, 4) is 33.7 Å². The molecule has 0 radical (unpaired) electrons. The summed E-state index contributed by atoms with van der Waals surface area (Å²) in [5, 5.41) is 0.553. The summed E-state index contributed by atoms with van der Waals surface area (Å²) in [5.74, 6) is 0.173. The number of methoxy groups -OCH3 is 1. The summed E-state index contributed by atoms with van der Waals surface area (Å²) in [4.78, 5) is 35.1. The number of amides is 1. The molecule has 6 rings (SSSR count). The molecule has 1 aliphatic rings. The zero-order chi connectivity index (χ0) is 28.0. The molecule has 8 heteroatoms. The quantitative estimate of drug-likeness (QED) is 0.297. The van der Waals surface area contributed by atoms with Gasteiger partial charge in [-0.15, -0.1) is 0 Å². The minimum Gasteiger partial charge on any atom is -0.491 e. The van der Waals surface area contributed by atoms with Crippen LogP contribution in [0.25, 0.3) is 38.8 Å². The van der Waals surface area contributed by atoms with Crippen LogP contribution in [0, 0.1) is 13.8 Å². The molecule has 2 N–H and O–H groups in total. The van der Waals surface area contributed by atoms with E-state index in [-0.39, 0.29) is 11.3 Å². The van der Waals surface area contributed by atoms with Gasteiger partial charge in [0, 0.05) is 24.8 Å². The van der Waals surface area contributed by atoms with Gasteiger partial charge in [-0.1, -0.05) is 30.3 Å². The van der Waals surface area contributed by atoms with Crippen LogP contribution in [0.4, 0.5) is 0 Å². The third-order valence-corrected chi connectivity index (χ3v) is 7.48. The Kier molecular flexibility index (Phi) is 6.40. The monoisotopic (exact) mass is 532 g/mol. The van der Waals surface area contributed by atoms with Gasteiger partial charge in [-0.05, 0) is 77.6 Å². The molecule has 0 bridgehead atoms. The number of carbonyl (C=O) groups is 1. The lowest BCUT2D eigenvalue weighted by molar-refractivity contribution is 0.0994. The molecule has 8 nitrogen and oxygen atoms in total. The molecule has 40 heavy (non-hydrogen) atoms. The number of carbonyl (C=O) groups excluding carboxylic acids is 1. The molecule has 0 saturated carbocycles. The number of benzene rings is 3. The number of aryl methyl sites for hydroxylation is 1. The molecule has 2 heterocycles. The maximum Gasteiger partial charge on any atom is 0.267 e. The van der Waals surface area contributed by atoms with E-state index in [0.717, 1.165) is 50.4 Å². The number of nitrogens with two attached hydrogens (primary N) is 1. The van der Waals surface area contributed by atoms with Crippen molar-refractivity contribution in [3.63, 3.8) is 0 Å². The molecular formula is C32H28N4O4. The zero-order valence-corrected chi connectivity index (χ0v) is 22.5. The van der Waals surface area contributed by atoms with E-state index < -0.39 is 5.91 Å². The molecule has 5 aromatic rings. The van der Waals surface area contributed by atoms with Crippen LogP contribution in [0.3, 0.4) is 0 Å². The van der Waals surface area contributed by atoms with Crippen molar-refractivity contribution in [2.75, 3.05) is 20.3 Å². The number of hydrogen-bond acceptors (Lipinski definition) is 6. The fourth-order valence-corrected chi connectivity index (χ4v) is 5.62. The Hall–Kier alpha value is -4.82. The third-order valence-electron chi connectivity index (χ3n) is 7.48. The topological polar surface area (TPSA) is 109 Å². The Morgan fingerprint density at radius 3 is 2.62 bits per heavy atom. The molecular weight excluding hydrogens is 504 g/mol. The van der Waals surface area contributed by atoms with E-state index in [0.29, 0.717) is 36.2 Å². The Morgan fingerprint density at radius 2 is 1.82 bits per heavy atom. The lowest BCUT2D eigenvalue weighted by Gasteiger charge is -2.19. The van der Waals surface area contributed by atoms with E-state index in [1.165, 1.54) is 0 Å². The van der Waals surface area contributed by atoms with E-state index in [1.807, 2.05) is 68.4 Å². The fraction of sp³-hybridized carbons (Fsp3) is 0.188. The van der Waals surface area contributed by atoms with E-state index in [2.05, 4.69) is 9.97 Å². The summed E-state index contributed by atoms with van der Waals surface area (Å²) in [6.07, 6.45) is 2.08. The van der Waals surface area contributed by atoms with Gasteiger partial charge in [-0.2, -0.15) is 0 Å². The number of ether oxygens (including phenoxy) is 2. The summed E-state index contributed by atoms with van der Waals surface area (Å²) >= 11 is 0. The van der Waals surface area contributed by atoms with E-state index in [9.17, 15) is 9.59 Å². The second-order valence-electron chi connectivity index (χ2n) is 9.86. The van der Waals surface area contributed by atoms with Crippen molar-refractivity contribution in [1.29, 1.82) is 0 Å². The van der Waals surface area contributed by atoms with Crippen molar-refractivity contribution in [3.05, 3.63) is 105 Å². The minimum absolute atomic E-state index is 0.138. The lowest BCUT2D eigenvalue weighted by atomic mass is 9.89. The fourth-order valence-electron chi connectivity index (χ4n) is 5.62. The minimum atomic E-state index is -0.561. The highest BCUT2D eigenvalue weighted by atomic mass is 16.5. The van der Waals surface area contributed by atoms with Crippen LogP contribution in [0.5, 0.6) is 5.75 Å². The van der Waals surface area contributed by atoms with Gasteiger partial charge in [0.2, 0.25) is 0 Å². The number of primary amides is 1. The van der Waals surface area contributed by atoms with Crippen LogP contribution in [0.2, 0.25) is 0 Å². The van der Waals surface area contributed by atoms with Crippen molar-refractivity contribution in [2.45, 2.75) is 20.3 Å². The van der Waals surface area contributed by atoms with Crippen LogP contribution < -0.4 is 16.0 Å². The second kappa shape index (κ2) is 10.1. The van der Waals surface area contributed by atoms with Gasteiger partial charge >= 0.3 is 0 Å². The number of fused-ring (bicyclic) bond motifs is 4. The summed E-state index contributed by atoms with van der Waals surface area (Å²) in [6, 6.07) is 19.1. The first kappa shape index (κ1) is 25.5. The second-order valence-corrected chi connectivity index (χ2v) is 9.86. The summed E-state index contributed by atoms with van der Waals surface area (Å²) < 4.78 is 12.5. The Morgan fingerprint density at radius 1 is 1.00 bits per heavy atom. The highest BCUT2D eigenvalue weighted by Gasteiger charge is 2.30. The Balaban J connectivity index is 1.54. The molecule has 2 aromatic heterocycles. The average Bonchev–Trinajstić information content (AvgIpc) is 3.32. The molecule has 0 aliphatic heterocycles. The van der Waals surface area contributed by atoms with Gasteiger partial charge in [0.1, 0.15) is 24.4 Å². The highest BCUT2D eigenvalue weighted by Crippen LogP contribution is 2.47. The normalized spacial score (nSPS) is 11.9. The number of aromatic nitrogens is 3. The van der Waals surface area contributed by atoms with Crippen molar-refractivity contribution >= 4 is 16.8 Å². The number of para-hydroxylation sites is 1. The molecule has 0 fully saturated rings. The van der Waals surface area contributed by atoms with Gasteiger partial charge in [0.25, 0.3) is 11.5 Å². The molecule has 0 saturated heterocycles.